The number of piperidine rings is 1. The number of hydrogen-bond donors (Lipinski definition) is 1. The van der Waals surface area contributed by atoms with Gasteiger partial charge in [0.15, 0.2) is 0 Å². The first-order chi connectivity index (χ1) is 9.63. The van der Waals surface area contributed by atoms with E-state index in [-0.39, 0.29) is 5.56 Å². The summed E-state index contributed by atoms with van der Waals surface area (Å²) < 4.78 is 5.38. The van der Waals surface area contributed by atoms with E-state index in [2.05, 4.69) is 16.7 Å². The fourth-order valence-electron chi connectivity index (χ4n) is 3.41. The molecule has 3 heterocycles. The zero-order chi connectivity index (χ0) is 14.1. The highest BCUT2D eigenvalue weighted by atomic mass is 16.4. The summed E-state index contributed by atoms with van der Waals surface area (Å²) in [6.07, 6.45) is 5.26. The summed E-state index contributed by atoms with van der Waals surface area (Å²) >= 11 is 0. The fraction of sp³-hybridized carbons (Fsp3) is 0.667. The predicted molar refractivity (Wildman–Crippen MR) is 74.8 cm³/mol. The molecule has 5 nitrogen and oxygen atoms in total. The Kier molecular flexibility index (Phi) is 3.81. The van der Waals surface area contributed by atoms with Crippen LogP contribution in [0.2, 0.25) is 0 Å². The summed E-state index contributed by atoms with van der Waals surface area (Å²) in [5, 5.41) is 8.93. The van der Waals surface area contributed by atoms with Crippen LogP contribution in [0.1, 0.15) is 42.3 Å². The lowest BCUT2D eigenvalue weighted by atomic mass is 9.97. The minimum absolute atomic E-state index is 0.240. The Balaban J connectivity index is 1.65. The highest BCUT2D eigenvalue weighted by Crippen LogP contribution is 2.25. The minimum Gasteiger partial charge on any atom is -0.478 e. The van der Waals surface area contributed by atoms with Crippen LogP contribution >= 0.6 is 0 Å². The van der Waals surface area contributed by atoms with Crippen LogP contribution in [0.15, 0.2) is 16.7 Å². The smallest absolute Gasteiger partial charge is 0.338 e. The van der Waals surface area contributed by atoms with Crippen LogP contribution in [0.4, 0.5) is 0 Å². The number of hydrogen-bond acceptors (Lipinski definition) is 4. The van der Waals surface area contributed by atoms with Crippen LogP contribution in [0.5, 0.6) is 0 Å². The van der Waals surface area contributed by atoms with Crippen molar-refractivity contribution in [2.75, 3.05) is 19.6 Å². The van der Waals surface area contributed by atoms with Gasteiger partial charge in [0, 0.05) is 25.2 Å². The van der Waals surface area contributed by atoms with Crippen LogP contribution in [-0.4, -0.2) is 52.6 Å². The van der Waals surface area contributed by atoms with Crippen molar-refractivity contribution in [2.24, 2.45) is 0 Å². The van der Waals surface area contributed by atoms with Crippen molar-refractivity contribution >= 4 is 5.97 Å². The van der Waals surface area contributed by atoms with Crippen LogP contribution in [0, 0.1) is 0 Å². The highest BCUT2D eigenvalue weighted by molar-refractivity contribution is 5.87. The number of carbonyl (C=O) groups is 1. The average molecular weight is 278 g/mol. The van der Waals surface area contributed by atoms with E-state index in [1.165, 1.54) is 32.1 Å². The number of nitrogens with zero attached hydrogens (tertiary/aromatic N) is 2. The molecule has 0 aliphatic carbocycles. The maximum atomic E-state index is 10.9. The quantitative estimate of drug-likeness (QED) is 0.917. The van der Waals surface area contributed by atoms with Crippen LogP contribution in [-0.2, 0) is 6.54 Å². The van der Waals surface area contributed by atoms with E-state index >= 15 is 0 Å². The molecule has 0 amide bonds. The number of piperazine rings is 1. The number of furan rings is 1. The van der Waals surface area contributed by atoms with E-state index < -0.39 is 5.97 Å². The Bertz CT molecular complexity index is 485. The largest absolute Gasteiger partial charge is 0.478 e. The molecule has 3 rings (SSSR count). The van der Waals surface area contributed by atoms with Gasteiger partial charge in [-0.25, -0.2) is 4.79 Å². The molecule has 0 spiro atoms. The second kappa shape index (κ2) is 5.58. The molecule has 2 aliphatic rings. The van der Waals surface area contributed by atoms with Gasteiger partial charge in [0.2, 0.25) is 0 Å². The molecule has 2 aliphatic heterocycles. The first kappa shape index (κ1) is 13.6. The molecule has 1 aromatic heterocycles. The van der Waals surface area contributed by atoms with Crippen molar-refractivity contribution in [1.29, 1.82) is 0 Å². The van der Waals surface area contributed by atoms with Crippen molar-refractivity contribution in [3.8, 4) is 0 Å². The molecule has 0 aromatic carbocycles. The van der Waals surface area contributed by atoms with E-state index in [9.17, 15) is 4.79 Å². The minimum atomic E-state index is -0.926. The second-order valence-corrected chi connectivity index (χ2v) is 6.03. The summed E-state index contributed by atoms with van der Waals surface area (Å²) in [5.41, 5.74) is 0.240. The van der Waals surface area contributed by atoms with Crippen LogP contribution < -0.4 is 0 Å². The number of carboxylic acid groups (broad SMARTS) is 1. The van der Waals surface area contributed by atoms with Crippen molar-refractivity contribution < 1.29 is 14.3 Å². The van der Waals surface area contributed by atoms with Crippen molar-refractivity contribution in [3.63, 3.8) is 0 Å². The van der Waals surface area contributed by atoms with Crippen molar-refractivity contribution in [2.45, 2.75) is 44.8 Å². The number of rotatable bonds is 3. The van der Waals surface area contributed by atoms with E-state index in [4.69, 9.17) is 9.52 Å². The molecule has 2 fully saturated rings. The molecular weight excluding hydrogens is 256 g/mol. The lowest BCUT2D eigenvalue weighted by molar-refractivity contribution is 0.00806. The van der Waals surface area contributed by atoms with Gasteiger partial charge in [0.25, 0.3) is 0 Å². The van der Waals surface area contributed by atoms with Crippen LogP contribution in [0.25, 0.3) is 0 Å². The summed E-state index contributed by atoms with van der Waals surface area (Å²) in [5.74, 6) is -0.177. The van der Waals surface area contributed by atoms with Crippen molar-refractivity contribution in [3.05, 3.63) is 23.7 Å². The Morgan fingerprint density at radius 2 is 2.30 bits per heavy atom. The second-order valence-electron chi connectivity index (χ2n) is 6.03. The molecule has 110 valence electrons. The first-order valence-electron chi connectivity index (χ1n) is 7.42. The molecule has 1 N–H and O–H groups in total. The highest BCUT2D eigenvalue weighted by Gasteiger charge is 2.33. The molecule has 0 saturated carbocycles. The predicted octanol–water partition coefficient (Wildman–Crippen LogP) is 2.04. The zero-order valence-corrected chi connectivity index (χ0v) is 11.9. The van der Waals surface area contributed by atoms with Gasteiger partial charge in [-0.05, 0) is 32.4 Å². The molecule has 1 aromatic rings. The molecular formula is C15H22N2O3. The van der Waals surface area contributed by atoms with Gasteiger partial charge in [0.05, 0.1) is 12.1 Å². The average Bonchev–Trinajstić information content (AvgIpc) is 2.88. The Morgan fingerprint density at radius 1 is 1.45 bits per heavy atom. The van der Waals surface area contributed by atoms with Gasteiger partial charge < -0.3 is 9.52 Å². The number of aromatic carboxylic acids is 1. The third kappa shape index (κ3) is 2.74. The molecule has 0 radical (unpaired) electrons. The third-order valence-corrected chi connectivity index (χ3v) is 4.58. The summed E-state index contributed by atoms with van der Waals surface area (Å²) in [7, 11) is 0. The molecule has 5 heteroatoms. The maximum Gasteiger partial charge on any atom is 0.338 e. The topological polar surface area (TPSA) is 56.9 Å². The summed E-state index contributed by atoms with van der Waals surface area (Å²) in [6.45, 7) is 6.35. The number of carboxylic acids is 1. The lowest BCUT2D eigenvalue weighted by Crippen LogP contribution is -2.58. The van der Waals surface area contributed by atoms with Gasteiger partial charge in [-0.2, -0.15) is 0 Å². The van der Waals surface area contributed by atoms with Gasteiger partial charge in [-0.3, -0.25) is 9.80 Å². The fourth-order valence-corrected chi connectivity index (χ4v) is 3.41. The number of fused-ring (bicyclic) bond motifs is 1. The Morgan fingerprint density at radius 3 is 3.05 bits per heavy atom. The van der Waals surface area contributed by atoms with Gasteiger partial charge in [-0.15, -0.1) is 0 Å². The molecule has 2 unspecified atom stereocenters. The van der Waals surface area contributed by atoms with Crippen molar-refractivity contribution in [1.82, 2.24) is 9.80 Å². The van der Waals surface area contributed by atoms with Gasteiger partial charge >= 0.3 is 5.97 Å². The molecule has 2 saturated heterocycles. The summed E-state index contributed by atoms with van der Waals surface area (Å²) in [6, 6.07) is 2.79. The Hall–Kier alpha value is -1.33. The normalized spacial score (nSPS) is 28.2. The molecule has 2 atom stereocenters. The first-order valence-corrected chi connectivity index (χ1v) is 7.42. The SMILES string of the molecule is CC1CN2CCCCC2CN1Cc1cc(C(=O)O)co1. The summed E-state index contributed by atoms with van der Waals surface area (Å²) in [4.78, 5) is 15.9. The van der Waals surface area contributed by atoms with E-state index in [0.717, 1.165) is 18.8 Å². The standard InChI is InChI=1S/C15H22N2O3/c1-11-7-16-5-3-2-4-13(16)8-17(11)9-14-6-12(10-20-14)15(18)19/h6,10-11,13H,2-5,7-9H2,1H3,(H,18,19). The van der Waals surface area contributed by atoms with Gasteiger partial charge in [0.1, 0.15) is 12.0 Å². The van der Waals surface area contributed by atoms with E-state index in [1.807, 2.05) is 0 Å². The van der Waals surface area contributed by atoms with E-state index in [0.29, 0.717) is 18.6 Å². The zero-order valence-electron chi connectivity index (χ0n) is 11.9. The maximum absolute atomic E-state index is 10.9. The lowest BCUT2D eigenvalue weighted by Gasteiger charge is -2.47. The van der Waals surface area contributed by atoms with Crippen LogP contribution in [0.3, 0.4) is 0 Å². The molecule has 20 heavy (non-hydrogen) atoms. The Labute approximate surface area is 119 Å². The van der Waals surface area contributed by atoms with Gasteiger partial charge in [-0.1, -0.05) is 6.42 Å². The third-order valence-electron chi connectivity index (χ3n) is 4.58. The monoisotopic (exact) mass is 278 g/mol. The molecule has 0 bridgehead atoms. The van der Waals surface area contributed by atoms with E-state index in [1.54, 1.807) is 6.07 Å².